The molecular formula is C12H14N4O2. The molecule has 3 amide bonds. The Labute approximate surface area is 105 Å². The molecule has 1 saturated heterocycles. The lowest BCUT2D eigenvalue weighted by Gasteiger charge is -2.16. The lowest BCUT2D eigenvalue weighted by atomic mass is 9.93. The van der Waals surface area contributed by atoms with E-state index in [1.54, 1.807) is 12.4 Å². The Morgan fingerprint density at radius 1 is 1.11 bits per heavy atom. The van der Waals surface area contributed by atoms with Gasteiger partial charge in [0.05, 0.1) is 17.6 Å². The first-order valence-corrected chi connectivity index (χ1v) is 5.53. The van der Waals surface area contributed by atoms with Crippen LogP contribution in [-0.2, 0) is 10.2 Å². The van der Waals surface area contributed by atoms with Crippen LogP contribution in [-0.4, -0.2) is 21.9 Å². The minimum atomic E-state index is -0.523. The Balaban J connectivity index is 2.24. The number of nitrogens with zero attached hydrogens (tertiary/aromatic N) is 2. The van der Waals surface area contributed by atoms with E-state index in [0.717, 1.165) is 5.69 Å². The van der Waals surface area contributed by atoms with Crippen LogP contribution in [0.4, 0.5) is 4.79 Å². The predicted molar refractivity (Wildman–Crippen MR) is 65.4 cm³/mol. The average molecular weight is 246 g/mol. The van der Waals surface area contributed by atoms with Crippen LogP contribution in [0.1, 0.15) is 32.2 Å². The quantitative estimate of drug-likeness (QED) is 0.571. The summed E-state index contributed by atoms with van der Waals surface area (Å²) >= 11 is 0. The number of hydrogen-bond donors (Lipinski definition) is 2. The summed E-state index contributed by atoms with van der Waals surface area (Å²) in [6, 6.07) is -0.523. The maximum atomic E-state index is 11.3. The highest BCUT2D eigenvalue weighted by Gasteiger charge is 2.23. The smallest absolute Gasteiger partial charge is 0.303 e. The van der Waals surface area contributed by atoms with Gasteiger partial charge in [-0.05, 0) is 6.08 Å². The molecule has 0 bridgehead atoms. The molecule has 0 spiro atoms. The summed E-state index contributed by atoms with van der Waals surface area (Å²) in [5, 5.41) is 4.51. The summed E-state index contributed by atoms with van der Waals surface area (Å²) in [6.07, 6.45) is 4.73. The van der Waals surface area contributed by atoms with Crippen molar-refractivity contribution in [3.63, 3.8) is 0 Å². The van der Waals surface area contributed by atoms with Gasteiger partial charge in [-0.15, -0.1) is 0 Å². The minimum Gasteiger partial charge on any atom is -0.303 e. The SMILES string of the molecule is CC(C)(C)c1cnc(/C=C2\NC(=O)NC2=O)cn1. The zero-order valence-corrected chi connectivity index (χ0v) is 10.4. The van der Waals surface area contributed by atoms with Gasteiger partial charge >= 0.3 is 6.03 Å². The summed E-state index contributed by atoms with van der Waals surface area (Å²) < 4.78 is 0. The normalized spacial score (nSPS) is 17.8. The molecular weight excluding hydrogens is 232 g/mol. The molecule has 18 heavy (non-hydrogen) atoms. The molecule has 2 N–H and O–H groups in total. The second kappa shape index (κ2) is 4.21. The van der Waals surface area contributed by atoms with Crippen molar-refractivity contribution >= 4 is 18.0 Å². The van der Waals surface area contributed by atoms with Gasteiger partial charge in [-0.25, -0.2) is 4.79 Å². The van der Waals surface area contributed by atoms with Crippen LogP contribution in [0.25, 0.3) is 6.08 Å². The molecule has 2 rings (SSSR count). The second-order valence-electron chi connectivity index (χ2n) is 5.04. The first kappa shape index (κ1) is 12.2. The number of nitrogens with one attached hydrogen (secondary N) is 2. The number of carbonyl (C=O) groups excluding carboxylic acids is 2. The average Bonchev–Trinajstić information content (AvgIpc) is 2.57. The van der Waals surface area contributed by atoms with Crippen LogP contribution < -0.4 is 10.6 Å². The van der Waals surface area contributed by atoms with Crippen molar-refractivity contribution in [1.82, 2.24) is 20.6 Å². The van der Waals surface area contributed by atoms with E-state index in [0.29, 0.717) is 5.69 Å². The second-order valence-corrected chi connectivity index (χ2v) is 5.04. The van der Waals surface area contributed by atoms with E-state index >= 15 is 0 Å². The number of rotatable bonds is 1. The summed E-state index contributed by atoms with van der Waals surface area (Å²) in [7, 11) is 0. The first-order valence-electron chi connectivity index (χ1n) is 5.53. The molecule has 1 aliphatic rings. The molecule has 2 heterocycles. The fraction of sp³-hybridized carbons (Fsp3) is 0.333. The van der Waals surface area contributed by atoms with Gasteiger partial charge in [-0.2, -0.15) is 0 Å². The number of hydrogen-bond acceptors (Lipinski definition) is 4. The summed E-state index contributed by atoms with van der Waals surface area (Å²) in [5.41, 5.74) is 1.50. The van der Waals surface area contributed by atoms with Crippen molar-refractivity contribution in [3.05, 3.63) is 29.5 Å². The van der Waals surface area contributed by atoms with Gasteiger partial charge in [0.15, 0.2) is 0 Å². The number of aromatic nitrogens is 2. The van der Waals surface area contributed by atoms with Crippen LogP contribution in [0.15, 0.2) is 18.1 Å². The van der Waals surface area contributed by atoms with Gasteiger partial charge in [0.2, 0.25) is 0 Å². The van der Waals surface area contributed by atoms with Crippen molar-refractivity contribution in [2.24, 2.45) is 0 Å². The summed E-state index contributed by atoms with van der Waals surface area (Å²) in [5.74, 6) is -0.457. The van der Waals surface area contributed by atoms with Gasteiger partial charge in [-0.3, -0.25) is 20.1 Å². The Morgan fingerprint density at radius 3 is 2.28 bits per heavy atom. The molecule has 0 radical (unpaired) electrons. The fourth-order valence-corrected chi connectivity index (χ4v) is 1.43. The van der Waals surface area contributed by atoms with E-state index in [4.69, 9.17) is 0 Å². The van der Waals surface area contributed by atoms with E-state index in [2.05, 4.69) is 20.6 Å². The largest absolute Gasteiger partial charge is 0.326 e. The third kappa shape index (κ3) is 2.53. The monoisotopic (exact) mass is 246 g/mol. The van der Waals surface area contributed by atoms with Crippen molar-refractivity contribution in [2.75, 3.05) is 0 Å². The Bertz CT molecular complexity index is 526. The van der Waals surface area contributed by atoms with E-state index in [-0.39, 0.29) is 11.1 Å². The van der Waals surface area contributed by atoms with E-state index < -0.39 is 11.9 Å². The highest BCUT2D eigenvalue weighted by atomic mass is 16.2. The number of amides is 3. The molecule has 94 valence electrons. The van der Waals surface area contributed by atoms with Crippen LogP contribution in [0.2, 0.25) is 0 Å². The van der Waals surface area contributed by atoms with E-state index in [9.17, 15) is 9.59 Å². The Kier molecular flexibility index (Phi) is 2.86. The molecule has 1 aliphatic heterocycles. The minimum absolute atomic E-state index is 0.0718. The molecule has 1 aromatic heterocycles. The molecule has 6 nitrogen and oxygen atoms in total. The highest BCUT2D eigenvalue weighted by Crippen LogP contribution is 2.18. The molecule has 1 aromatic rings. The molecule has 0 aromatic carbocycles. The van der Waals surface area contributed by atoms with Gasteiger partial charge in [0, 0.05) is 11.6 Å². The molecule has 0 saturated carbocycles. The molecule has 0 aliphatic carbocycles. The molecule has 0 unspecified atom stereocenters. The maximum absolute atomic E-state index is 11.3. The summed E-state index contributed by atoms with van der Waals surface area (Å²) in [6.45, 7) is 6.12. The van der Waals surface area contributed by atoms with Crippen LogP contribution >= 0.6 is 0 Å². The van der Waals surface area contributed by atoms with Gasteiger partial charge < -0.3 is 5.32 Å². The maximum Gasteiger partial charge on any atom is 0.326 e. The fourth-order valence-electron chi connectivity index (χ4n) is 1.43. The number of imide groups is 1. The van der Waals surface area contributed by atoms with E-state index in [1.165, 1.54) is 6.08 Å². The first-order chi connectivity index (χ1) is 8.36. The van der Waals surface area contributed by atoms with Crippen molar-refractivity contribution < 1.29 is 9.59 Å². The van der Waals surface area contributed by atoms with Gasteiger partial charge in [-0.1, -0.05) is 20.8 Å². The topological polar surface area (TPSA) is 84.0 Å². The zero-order valence-electron chi connectivity index (χ0n) is 10.4. The summed E-state index contributed by atoms with van der Waals surface area (Å²) in [4.78, 5) is 30.7. The Morgan fingerprint density at radius 2 is 1.83 bits per heavy atom. The zero-order chi connectivity index (χ0) is 13.3. The molecule has 0 atom stereocenters. The van der Waals surface area contributed by atoms with Crippen LogP contribution in [0.5, 0.6) is 0 Å². The lowest BCUT2D eigenvalue weighted by molar-refractivity contribution is -0.115. The number of carbonyl (C=O) groups is 2. The highest BCUT2D eigenvalue weighted by molar-refractivity contribution is 6.13. The Hall–Kier alpha value is -2.24. The predicted octanol–water partition coefficient (Wildman–Crippen LogP) is 0.954. The van der Waals surface area contributed by atoms with Gasteiger partial charge in [0.25, 0.3) is 5.91 Å². The van der Waals surface area contributed by atoms with Crippen LogP contribution in [0.3, 0.4) is 0 Å². The standard InChI is InChI=1S/C12H14N4O2/c1-12(2,3)9-6-13-7(5-14-9)4-8-10(17)16-11(18)15-8/h4-6H,1-3H3,(H2,15,16,17,18)/b8-4-. The molecule has 6 heteroatoms. The van der Waals surface area contributed by atoms with Crippen molar-refractivity contribution in [1.29, 1.82) is 0 Å². The van der Waals surface area contributed by atoms with Crippen LogP contribution in [0, 0.1) is 0 Å². The molecule has 1 fully saturated rings. The number of urea groups is 1. The van der Waals surface area contributed by atoms with E-state index in [1.807, 2.05) is 20.8 Å². The lowest BCUT2D eigenvalue weighted by Crippen LogP contribution is -2.22. The third-order valence-electron chi connectivity index (χ3n) is 2.45. The van der Waals surface area contributed by atoms with Gasteiger partial charge in [0.1, 0.15) is 5.70 Å². The van der Waals surface area contributed by atoms with Crippen molar-refractivity contribution in [2.45, 2.75) is 26.2 Å². The van der Waals surface area contributed by atoms with Crippen molar-refractivity contribution in [3.8, 4) is 0 Å². The third-order valence-corrected chi connectivity index (χ3v) is 2.45.